The van der Waals surface area contributed by atoms with Gasteiger partial charge in [-0.3, -0.25) is 13.9 Å². The van der Waals surface area contributed by atoms with Crippen molar-refractivity contribution in [3.8, 4) is 0 Å². The zero-order chi connectivity index (χ0) is 26.2. The van der Waals surface area contributed by atoms with Crippen molar-refractivity contribution >= 4 is 39.1 Å². The largest absolute Gasteiger partial charge is 0.354 e. The molecule has 0 aromatic heterocycles. The van der Waals surface area contributed by atoms with Crippen LogP contribution in [-0.4, -0.2) is 50.5 Å². The van der Waals surface area contributed by atoms with Crippen LogP contribution >= 0.6 is 11.6 Å². The van der Waals surface area contributed by atoms with Crippen molar-refractivity contribution < 1.29 is 18.0 Å². The van der Waals surface area contributed by atoms with E-state index in [0.29, 0.717) is 23.7 Å². The highest BCUT2D eigenvalue weighted by Gasteiger charge is 2.26. The van der Waals surface area contributed by atoms with E-state index in [1.54, 1.807) is 25.1 Å². The minimum atomic E-state index is -3.53. The second kappa shape index (κ2) is 12.9. The molecule has 35 heavy (non-hydrogen) atoms. The first kappa shape index (κ1) is 28.7. The molecule has 0 fully saturated rings. The number of hydrogen-bond acceptors (Lipinski definition) is 4. The normalized spacial score (nSPS) is 12.2. The zero-order valence-corrected chi connectivity index (χ0v) is 22.7. The summed E-state index contributed by atoms with van der Waals surface area (Å²) in [5, 5.41) is 3.44. The van der Waals surface area contributed by atoms with Crippen molar-refractivity contribution in [1.29, 1.82) is 0 Å². The average molecular weight is 522 g/mol. The first-order chi connectivity index (χ1) is 16.4. The highest BCUT2D eigenvalue weighted by atomic mass is 35.5. The molecular weight excluding hydrogens is 486 g/mol. The summed E-state index contributed by atoms with van der Waals surface area (Å²) in [5.74, 6) is -0.435. The molecule has 0 saturated heterocycles. The summed E-state index contributed by atoms with van der Waals surface area (Å²) in [6, 6.07) is 12.0. The Morgan fingerprint density at radius 1 is 1.06 bits per heavy atom. The minimum absolute atomic E-state index is 0.107. The summed E-state index contributed by atoms with van der Waals surface area (Å²) in [4.78, 5) is 27.4. The first-order valence-electron chi connectivity index (χ1n) is 11.8. The van der Waals surface area contributed by atoms with Crippen LogP contribution in [0.1, 0.15) is 49.8 Å². The van der Waals surface area contributed by atoms with Crippen molar-refractivity contribution in [3.05, 3.63) is 64.2 Å². The number of amides is 2. The first-order valence-corrected chi connectivity index (χ1v) is 14.0. The van der Waals surface area contributed by atoms with Gasteiger partial charge >= 0.3 is 0 Å². The highest BCUT2D eigenvalue weighted by molar-refractivity contribution is 7.92. The van der Waals surface area contributed by atoms with Gasteiger partial charge in [-0.2, -0.15) is 0 Å². The van der Waals surface area contributed by atoms with Gasteiger partial charge in [0.05, 0.1) is 11.9 Å². The number of nitrogens with zero attached hydrogens (tertiary/aromatic N) is 2. The number of rotatable bonds is 12. The Bertz CT molecular complexity index is 1120. The zero-order valence-electron chi connectivity index (χ0n) is 21.2. The summed E-state index contributed by atoms with van der Waals surface area (Å²) >= 11 is 5.99. The maximum atomic E-state index is 13.3. The Kier molecular flexibility index (Phi) is 10.6. The van der Waals surface area contributed by atoms with Gasteiger partial charge in [0, 0.05) is 31.1 Å². The quantitative estimate of drug-likeness (QED) is 0.447. The lowest BCUT2D eigenvalue weighted by Crippen LogP contribution is -2.47. The third kappa shape index (κ3) is 8.54. The average Bonchev–Trinajstić information content (AvgIpc) is 2.80. The lowest BCUT2D eigenvalue weighted by atomic mass is 10.1. The van der Waals surface area contributed by atoms with Gasteiger partial charge in [-0.05, 0) is 74.6 Å². The molecule has 0 heterocycles. The smallest absolute Gasteiger partial charge is 0.242 e. The molecule has 0 spiro atoms. The maximum Gasteiger partial charge on any atom is 0.242 e. The van der Waals surface area contributed by atoms with Crippen LogP contribution in [0, 0.1) is 13.8 Å². The van der Waals surface area contributed by atoms with Crippen LogP contribution in [-0.2, 0) is 26.2 Å². The Balaban J connectivity index is 2.16. The number of carbonyl (C=O) groups excluding carboxylic acids is 2. The van der Waals surface area contributed by atoms with E-state index in [2.05, 4.69) is 5.32 Å². The van der Waals surface area contributed by atoms with Gasteiger partial charge in [0.1, 0.15) is 6.04 Å². The van der Waals surface area contributed by atoms with Crippen LogP contribution in [0.4, 0.5) is 5.69 Å². The standard InChI is InChI=1S/C26H36ClN3O4S/c1-6-15-28-26(32)21(4)29(18-22-10-12-23(27)13-11-22)25(31)8-7-16-30(35(5,33)34)24-14-9-19(2)20(3)17-24/h9-14,17,21H,6-8,15-16,18H2,1-5H3,(H,28,32)/t21-/m0/s1. The predicted octanol–water partition coefficient (Wildman–Crippen LogP) is 4.45. The Labute approximate surface area is 214 Å². The van der Waals surface area contributed by atoms with Crippen LogP contribution in [0.25, 0.3) is 0 Å². The summed E-state index contributed by atoms with van der Waals surface area (Å²) in [5.41, 5.74) is 3.50. The molecule has 0 saturated carbocycles. The lowest BCUT2D eigenvalue weighted by molar-refractivity contribution is -0.140. The van der Waals surface area contributed by atoms with E-state index in [1.165, 1.54) is 9.21 Å². The minimum Gasteiger partial charge on any atom is -0.354 e. The van der Waals surface area contributed by atoms with E-state index in [1.807, 2.05) is 45.0 Å². The van der Waals surface area contributed by atoms with Crippen LogP contribution in [0.3, 0.4) is 0 Å². The third-order valence-corrected chi connectivity index (χ3v) is 7.36. The number of benzene rings is 2. The second-order valence-electron chi connectivity index (χ2n) is 8.82. The molecule has 2 rings (SSSR count). The monoisotopic (exact) mass is 521 g/mol. The summed E-state index contributed by atoms with van der Waals surface area (Å²) in [7, 11) is -3.53. The van der Waals surface area contributed by atoms with E-state index >= 15 is 0 Å². The molecule has 1 atom stereocenters. The molecule has 9 heteroatoms. The van der Waals surface area contributed by atoms with Crippen molar-refractivity contribution in [2.75, 3.05) is 23.7 Å². The van der Waals surface area contributed by atoms with E-state index in [0.717, 1.165) is 29.4 Å². The summed E-state index contributed by atoms with van der Waals surface area (Å²) in [6.45, 7) is 8.52. The summed E-state index contributed by atoms with van der Waals surface area (Å²) in [6.07, 6.45) is 2.38. The van der Waals surface area contributed by atoms with Gasteiger partial charge in [-0.1, -0.05) is 36.7 Å². The molecule has 0 unspecified atom stereocenters. The second-order valence-corrected chi connectivity index (χ2v) is 11.2. The number of nitrogens with one attached hydrogen (secondary N) is 1. The highest BCUT2D eigenvalue weighted by Crippen LogP contribution is 2.22. The van der Waals surface area contributed by atoms with Crippen molar-refractivity contribution in [2.24, 2.45) is 0 Å². The molecule has 2 aromatic carbocycles. The molecule has 0 radical (unpaired) electrons. The van der Waals surface area contributed by atoms with Crippen LogP contribution < -0.4 is 9.62 Å². The van der Waals surface area contributed by atoms with Gasteiger partial charge in [-0.15, -0.1) is 0 Å². The molecule has 0 bridgehead atoms. The maximum absolute atomic E-state index is 13.3. The van der Waals surface area contributed by atoms with Gasteiger partial charge in [0.2, 0.25) is 21.8 Å². The number of carbonyl (C=O) groups is 2. The van der Waals surface area contributed by atoms with Crippen molar-refractivity contribution in [3.63, 3.8) is 0 Å². The molecule has 7 nitrogen and oxygen atoms in total. The lowest BCUT2D eigenvalue weighted by Gasteiger charge is -2.29. The van der Waals surface area contributed by atoms with Crippen LogP contribution in [0.2, 0.25) is 5.02 Å². The van der Waals surface area contributed by atoms with E-state index in [-0.39, 0.29) is 31.3 Å². The van der Waals surface area contributed by atoms with E-state index in [4.69, 9.17) is 11.6 Å². The number of aryl methyl sites for hydroxylation is 2. The molecule has 2 amide bonds. The van der Waals surface area contributed by atoms with Crippen LogP contribution in [0.15, 0.2) is 42.5 Å². The van der Waals surface area contributed by atoms with Gasteiger partial charge in [0.25, 0.3) is 0 Å². The molecule has 0 aliphatic rings. The van der Waals surface area contributed by atoms with Crippen molar-refractivity contribution in [2.45, 2.75) is 59.5 Å². The molecule has 0 aliphatic heterocycles. The fourth-order valence-electron chi connectivity index (χ4n) is 3.65. The SMILES string of the molecule is CCCNC(=O)[C@H](C)N(Cc1ccc(Cl)cc1)C(=O)CCCN(c1ccc(C)c(C)c1)S(C)(=O)=O. The Hall–Kier alpha value is -2.58. The molecule has 0 aliphatic carbocycles. The molecular formula is C26H36ClN3O4S. The number of hydrogen-bond donors (Lipinski definition) is 1. The fraction of sp³-hybridized carbons (Fsp3) is 0.462. The van der Waals surface area contributed by atoms with Gasteiger partial charge in [0.15, 0.2) is 0 Å². The number of halogens is 1. The molecule has 1 N–H and O–H groups in total. The van der Waals surface area contributed by atoms with E-state index < -0.39 is 16.1 Å². The predicted molar refractivity (Wildman–Crippen MR) is 142 cm³/mol. The topological polar surface area (TPSA) is 86.8 Å². The Morgan fingerprint density at radius 3 is 2.29 bits per heavy atom. The summed E-state index contributed by atoms with van der Waals surface area (Å²) < 4.78 is 26.3. The fourth-order valence-corrected chi connectivity index (χ4v) is 4.73. The van der Waals surface area contributed by atoms with Gasteiger partial charge < -0.3 is 10.2 Å². The van der Waals surface area contributed by atoms with Crippen LogP contribution in [0.5, 0.6) is 0 Å². The van der Waals surface area contributed by atoms with E-state index in [9.17, 15) is 18.0 Å². The third-order valence-electron chi connectivity index (χ3n) is 5.91. The molecule has 192 valence electrons. The van der Waals surface area contributed by atoms with Gasteiger partial charge in [-0.25, -0.2) is 8.42 Å². The number of sulfonamides is 1. The Morgan fingerprint density at radius 2 is 1.71 bits per heavy atom. The molecule has 2 aromatic rings. The van der Waals surface area contributed by atoms with Crippen molar-refractivity contribution in [1.82, 2.24) is 10.2 Å². The number of anilines is 1.